The minimum absolute atomic E-state index is 0.151. The maximum absolute atomic E-state index is 13.1. The van der Waals surface area contributed by atoms with Gasteiger partial charge in [-0.1, -0.05) is 31.2 Å². The number of aromatic nitrogens is 2. The molecule has 0 spiro atoms. The number of anilines is 1. The van der Waals surface area contributed by atoms with Crippen LogP contribution in [-0.2, 0) is 17.8 Å². The van der Waals surface area contributed by atoms with Crippen molar-refractivity contribution in [1.29, 1.82) is 5.26 Å². The lowest BCUT2D eigenvalue weighted by Gasteiger charge is -2.44. The fourth-order valence-corrected chi connectivity index (χ4v) is 4.02. The molecule has 1 saturated carbocycles. The zero-order chi connectivity index (χ0) is 23.5. The van der Waals surface area contributed by atoms with Gasteiger partial charge in [-0.05, 0) is 35.4 Å². The Labute approximate surface area is 190 Å². The van der Waals surface area contributed by atoms with E-state index in [9.17, 15) is 13.6 Å². The van der Waals surface area contributed by atoms with Gasteiger partial charge in [-0.2, -0.15) is 10.4 Å². The van der Waals surface area contributed by atoms with Crippen LogP contribution in [0.1, 0.15) is 36.5 Å². The van der Waals surface area contributed by atoms with E-state index in [0.717, 1.165) is 11.1 Å². The Morgan fingerprint density at radius 1 is 1.12 bits per heavy atom. The van der Waals surface area contributed by atoms with Crippen molar-refractivity contribution in [2.45, 2.75) is 38.7 Å². The minimum Gasteiger partial charge on any atom is -0.493 e. The number of ether oxygens (including phenoxy) is 1. The van der Waals surface area contributed by atoms with Gasteiger partial charge in [0.1, 0.15) is 5.75 Å². The van der Waals surface area contributed by atoms with Gasteiger partial charge in [0.05, 0.1) is 31.2 Å². The summed E-state index contributed by atoms with van der Waals surface area (Å²) < 4.78 is 33.6. The molecule has 1 aromatic heterocycles. The van der Waals surface area contributed by atoms with Crippen LogP contribution in [0, 0.1) is 16.7 Å². The van der Waals surface area contributed by atoms with Gasteiger partial charge in [0, 0.05) is 30.5 Å². The fourth-order valence-electron chi connectivity index (χ4n) is 4.02. The maximum Gasteiger partial charge on any atom is 0.249 e. The summed E-state index contributed by atoms with van der Waals surface area (Å²) in [5, 5.41) is 16.0. The van der Waals surface area contributed by atoms with Gasteiger partial charge >= 0.3 is 0 Å². The second-order valence-corrected chi connectivity index (χ2v) is 8.89. The van der Waals surface area contributed by atoms with E-state index in [0.29, 0.717) is 23.7 Å². The second kappa shape index (κ2) is 9.02. The third-order valence-corrected chi connectivity index (χ3v) is 5.58. The first-order chi connectivity index (χ1) is 15.7. The van der Waals surface area contributed by atoms with Crippen molar-refractivity contribution >= 4 is 11.7 Å². The molecule has 0 unspecified atom stereocenters. The predicted molar refractivity (Wildman–Crippen MR) is 119 cm³/mol. The monoisotopic (exact) mass is 450 g/mol. The van der Waals surface area contributed by atoms with Crippen molar-refractivity contribution in [2.75, 3.05) is 11.9 Å². The normalized spacial score (nSPS) is 15.8. The lowest BCUT2D eigenvalue weighted by Crippen LogP contribution is -2.47. The first kappa shape index (κ1) is 22.5. The molecule has 0 bridgehead atoms. The number of carbonyl (C=O) groups is 1. The predicted octanol–water partition coefficient (Wildman–Crippen LogP) is 4.80. The Balaban J connectivity index is 1.24. The number of nitriles is 1. The molecule has 0 atom stereocenters. The van der Waals surface area contributed by atoms with Crippen LogP contribution in [0.15, 0.2) is 60.8 Å². The summed E-state index contributed by atoms with van der Waals surface area (Å²) in [5.41, 5.74) is 1.91. The first-order valence-corrected chi connectivity index (χ1v) is 10.6. The topological polar surface area (TPSA) is 79.9 Å². The van der Waals surface area contributed by atoms with Crippen molar-refractivity contribution in [3.05, 3.63) is 77.5 Å². The van der Waals surface area contributed by atoms with Gasteiger partial charge in [0.15, 0.2) is 5.82 Å². The summed E-state index contributed by atoms with van der Waals surface area (Å²) >= 11 is 0. The maximum atomic E-state index is 13.1. The SMILES string of the molecule is CC1(COc2ccc(CC(=O)Nc3ccn(Cc4ccc(C#N)cc4)n3)cc2)CC(F)(F)C1. The summed E-state index contributed by atoms with van der Waals surface area (Å²) in [4.78, 5) is 12.4. The van der Waals surface area contributed by atoms with Crippen LogP contribution < -0.4 is 10.1 Å². The van der Waals surface area contributed by atoms with Gasteiger partial charge in [0.25, 0.3) is 0 Å². The number of hydrogen-bond acceptors (Lipinski definition) is 4. The largest absolute Gasteiger partial charge is 0.493 e. The summed E-state index contributed by atoms with van der Waals surface area (Å²) in [6.07, 6.45) is 1.65. The van der Waals surface area contributed by atoms with Crippen LogP contribution in [0.5, 0.6) is 5.75 Å². The van der Waals surface area contributed by atoms with Crippen molar-refractivity contribution in [3.63, 3.8) is 0 Å². The minimum atomic E-state index is -2.57. The Morgan fingerprint density at radius 2 is 1.79 bits per heavy atom. The highest BCUT2D eigenvalue weighted by molar-refractivity contribution is 5.91. The summed E-state index contributed by atoms with van der Waals surface area (Å²) in [6, 6.07) is 18.1. The smallest absolute Gasteiger partial charge is 0.249 e. The van der Waals surface area contributed by atoms with E-state index in [1.54, 1.807) is 60.3 Å². The van der Waals surface area contributed by atoms with Crippen molar-refractivity contribution in [3.8, 4) is 11.8 Å². The third-order valence-electron chi connectivity index (χ3n) is 5.58. The van der Waals surface area contributed by atoms with Crippen LogP contribution in [0.3, 0.4) is 0 Å². The fraction of sp³-hybridized carbons (Fsp3) is 0.320. The molecule has 0 radical (unpaired) electrons. The van der Waals surface area contributed by atoms with Gasteiger partial charge in [-0.15, -0.1) is 0 Å². The number of nitrogens with one attached hydrogen (secondary N) is 1. The third kappa shape index (κ3) is 5.95. The highest BCUT2D eigenvalue weighted by atomic mass is 19.3. The van der Waals surface area contributed by atoms with E-state index >= 15 is 0 Å². The molecule has 3 aromatic rings. The molecular formula is C25H24F2N4O2. The van der Waals surface area contributed by atoms with Crippen LogP contribution >= 0.6 is 0 Å². The molecular weight excluding hydrogens is 426 g/mol. The zero-order valence-electron chi connectivity index (χ0n) is 18.2. The number of rotatable bonds is 8. The molecule has 33 heavy (non-hydrogen) atoms. The number of benzene rings is 2. The van der Waals surface area contributed by atoms with Crippen molar-refractivity contribution in [1.82, 2.24) is 9.78 Å². The van der Waals surface area contributed by atoms with Crippen LogP contribution in [0.25, 0.3) is 0 Å². The average Bonchev–Trinajstić information content (AvgIpc) is 3.19. The molecule has 1 aliphatic carbocycles. The van der Waals surface area contributed by atoms with Crippen LogP contribution in [0.4, 0.5) is 14.6 Å². The highest BCUT2D eigenvalue weighted by Crippen LogP contribution is 2.51. The molecule has 1 fully saturated rings. The Bertz CT molecular complexity index is 1160. The van der Waals surface area contributed by atoms with Crippen LogP contribution in [0.2, 0.25) is 0 Å². The second-order valence-electron chi connectivity index (χ2n) is 8.89. The van der Waals surface area contributed by atoms with E-state index in [2.05, 4.69) is 16.5 Å². The van der Waals surface area contributed by atoms with E-state index in [4.69, 9.17) is 10.00 Å². The van der Waals surface area contributed by atoms with Gasteiger partial charge in [0.2, 0.25) is 11.8 Å². The first-order valence-electron chi connectivity index (χ1n) is 10.6. The van der Waals surface area contributed by atoms with Crippen molar-refractivity contribution in [2.24, 2.45) is 5.41 Å². The summed E-state index contributed by atoms with van der Waals surface area (Å²) in [5.74, 6) is -1.72. The summed E-state index contributed by atoms with van der Waals surface area (Å²) in [6.45, 7) is 2.57. The summed E-state index contributed by atoms with van der Waals surface area (Å²) in [7, 11) is 0. The molecule has 1 heterocycles. The number of hydrogen-bond donors (Lipinski definition) is 1. The zero-order valence-corrected chi connectivity index (χ0v) is 18.2. The Kier molecular flexibility index (Phi) is 6.14. The number of amides is 1. The number of halogens is 2. The standard InChI is InChI=1S/C25H24F2N4O2/c1-24(15-25(26,27)16-24)17-33-21-8-6-18(7-9-21)12-23(32)29-22-10-11-31(30-22)14-20-4-2-19(13-28)3-5-20/h2-11H,12,14-17H2,1H3,(H,29,30,32). The molecule has 0 saturated heterocycles. The molecule has 170 valence electrons. The Morgan fingerprint density at radius 3 is 2.42 bits per heavy atom. The highest BCUT2D eigenvalue weighted by Gasteiger charge is 2.54. The van der Waals surface area contributed by atoms with Gasteiger partial charge in [-0.25, -0.2) is 8.78 Å². The van der Waals surface area contributed by atoms with E-state index in [1.165, 1.54) is 0 Å². The molecule has 4 rings (SSSR count). The lowest BCUT2D eigenvalue weighted by molar-refractivity contribution is -0.164. The molecule has 6 nitrogen and oxygen atoms in total. The molecule has 1 aliphatic rings. The molecule has 1 N–H and O–H groups in total. The van der Waals surface area contributed by atoms with Crippen LogP contribution in [-0.4, -0.2) is 28.2 Å². The molecule has 1 amide bonds. The molecule has 0 aliphatic heterocycles. The van der Waals surface area contributed by atoms with Gasteiger partial charge in [-0.3, -0.25) is 9.48 Å². The van der Waals surface area contributed by atoms with E-state index in [-0.39, 0.29) is 31.8 Å². The Hall–Kier alpha value is -3.73. The van der Waals surface area contributed by atoms with Gasteiger partial charge < -0.3 is 10.1 Å². The lowest BCUT2D eigenvalue weighted by atomic mass is 9.68. The average molecular weight is 450 g/mol. The number of nitrogens with zero attached hydrogens (tertiary/aromatic N) is 3. The quantitative estimate of drug-likeness (QED) is 0.535. The number of carbonyl (C=O) groups excluding carboxylic acids is 1. The van der Waals surface area contributed by atoms with E-state index in [1.807, 2.05) is 12.1 Å². The van der Waals surface area contributed by atoms with Crippen molar-refractivity contribution < 1.29 is 18.3 Å². The molecule has 8 heteroatoms. The number of alkyl halides is 2. The molecule has 2 aromatic carbocycles. The van der Waals surface area contributed by atoms with E-state index < -0.39 is 11.3 Å².